The number of rotatable bonds is 7. The number of benzene rings is 6. The van der Waals surface area contributed by atoms with Crippen LogP contribution in [0.2, 0.25) is 0 Å². The summed E-state index contributed by atoms with van der Waals surface area (Å²) < 4.78 is 88.9. The Bertz CT molecular complexity index is 3650. The Labute approximate surface area is 433 Å². The van der Waals surface area contributed by atoms with Gasteiger partial charge in [0.15, 0.2) is 0 Å². The van der Waals surface area contributed by atoms with Gasteiger partial charge in [0, 0.05) is 57.0 Å². The summed E-state index contributed by atoms with van der Waals surface area (Å²) in [4.78, 5) is 9.13. The van der Waals surface area contributed by atoms with Crippen LogP contribution < -0.4 is 0 Å². The molecule has 68 heavy (non-hydrogen) atoms. The van der Waals surface area contributed by atoms with Gasteiger partial charge in [-0.15, -0.1) is 53.6 Å². The Hall–Kier alpha value is -5.41. The molecular weight excluding hydrogens is 1000 g/mol. The van der Waals surface area contributed by atoms with Gasteiger partial charge in [0.1, 0.15) is 5.58 Å². The van der Waals surface area contributed by atoms with Crippen molar-refractivity contribution in [3.05, 3.63) is 167 Å². The van der Waals surface area contributed by atoms with Crippen molar-refractivity contribution in [2.45, 2.75) is 133 Å². The van der Waals surface area contributed by atoms with Crippen molar-refractivity contribution in [1.82, 2.24) is 9.97 Å². The first kappa shape index (κ1) is 37.5. The van der Waals surface area contributed by atoms with Crippen LogP contribution in [0.1, 0.15) is 165 Å². The first-order valence-electron chi connectivity index (χ1n) is 28.8. The summed E-state index contributed by atoms with van der Waals surface area (Å²) in [6, 6.07) is 39.8. The number of hydrogen-bond donors (Lipinski definition) is 0. The van der Waals surface area contributed by atoms with Gasteiger partial charge in [0.2, 0.25) is 0 Å². The Morgan fingerprint density at radius 1 is 0.662 bits per heavy atom. The van der Waals surface area contributed by atoms with Crippen molar-refractivity contribution >= 4 is 43.5 Å². The fraction of sp³-hybridized carbons (Fsp3) is 0.344. The molecule has 1 saturated carbocycles. The number of nitrogens with zero attached hydrogens (tertiary/aromatic N) is 2. The van der Waals surface area contributed by atoms with Crippen molar-refractivity contribution in [2.24, 2.45) is 10.8 Å². The minimum Gasteiger partial charge on any atom is -0.500 e. The molecule has 0 aliphatic heterocycles. The van der Waals surface area contributed by atoms with E-state index in [2.05, 4.69) is 140 Å². The van der Waals surface area contributed by atoms with Crippen LogP contribution in [0.15, 0.2) is 120 Å². The molecule has 1 fully saturated rings. The van der Waals surface area contributed by atoms with Gasteiger partial charge in [-0.1, -0.05) is 160 Å². The van der Waals surface area contributed by atoms with Crippen molar-refractivity contribution in [1.29, 1.82) is 0 Å². The molecule has 0 spiro atoms. The second-order valence-electron chi connectivity index (χ2n) is 21.2. The van der Waals surface area contributed by atoms with Crippen LogP contribution in [0.3, 0.4) is 0 Å². The maximum absolute atomic E-state index is 9.76. The Balaban J connectivity index is 0.000000207. The molecule has 1 radical (unpaired) electrons. The first-order chi connectivity index (χ1) is 35.9. The molecule has 0 unspecified atom stereocenters. The number of aryl methyl sites for hydroxylation is 3. The minimum absolute atomic E-state index is 0. The second kappa shape index (κ2) is 19.2. The smallest absolute Gasteiger partial charge is 0.129 e. The van der Waals surface area contributed by atoms with Gasteiger partial charge in [0.05, 0.1) is 5.58 Å². The van der Waals surface area contributed by atoms with E-state index in [1.54, 1.807) is 12.1 Å². The molecule has 0 N–H and O–H groups in total. The van der Waals surface area contributed by atoms with Gasteiger partial charge in [0.25, 0.3) is 0 Å². The average molecular weight is 1080 g/mol. The molecule has 0 saturated heterocycles. The Morgan fingerprint density at radius 2 is 1.32 bits per heavy atom. The predicted octanol–water partition coefficient (Wildman–Crippen LogP) is 18.6. The van der Waals surface area contributed by atoms with E-state index < -0.39 is 26.4 Å². The minimum atomic E-state index is -2.38. The third kappa shape index (κ3) is 9.61. The van der Waals surface area contributed by atoms with Crippen molar-refractivity contribution in [3.8, 4) is 33.6 Å². The quantitative estimate of drug-likeness (QED) is 0.118. The van der Waals surface area contributed by atoms with E-state index in [0.717, 1.165) is 61.0 Å². The fourth-order valence-corrected chi connectivity index (χ4v) is 10.9. The normalized spacial score (nSPS) is 18.0. The Kier molecular flexibility index (Phi) is 10.6. The van der Waals surface area contributed by atoms with Gasteiger partial charge in [-0.2, -0.15) is 0 Å². The summed E-state index contributed by atoms with van der Waals surface area (Å²) in [5.74, 6) is -0.343. The topological polar surface area (TPSA) is 38.9 Å². The molecule has 4 heteroatoms. The predicted molar refractivity (Wildman–Crippen MR) is 285 cm³/mol. The number of hydrogen-bond acceptors (Lipinski definition) is 3. The van der Waals surface area contributed by atoms with Crippen molar-refractivity contribution in [3.63, 3.8) is 0 Å². The van der Waals surface area contributed by atoms with Gasteiger partial charge >= 0.3 is 0 Å². The summed E-state index contributed by atoms with van der Waals surface area (Å²) >= 11 is 0. The van der Waals surface area contributed by atoms with E-state index in [0.29, 0.717) is 58.0 Å². The van der Waals surface area contributed by atoms with E-state index in [4.69, 9.17) is 16.8 Å². The van der Waals surface area contributed by atoms with E-state index >= 15 is 0 Å². The number of aromatic nitrogens is 2. The molecule has 3 aromatic heterocycles. The van der Waals surface area contributed by atoms with Gasteiger partial charge in [-0.25, -0.2) is 0 Å². The molecule has 1 aliphatic rings. The van der Waals surface area contributed by atoms with Crippen LogP contribution in [0.25, 0.3) is 77.1 Å². The van der Waals surface area contributed by atoms with Gasteiger partial charge in [-0.3, -0.25) is 0 Å². The molecule has 3 heterocycles. The van der Waals surface area contributed by atoms with Crippen LogP contribution in [-0.2, 0) is 20.1 Å². The zero-order valence-electron chi connectivity index (χ0n) is 51.0. The standard InChI is InChI=1S/C36H34NO.C28H34N.Ir/c1-22-20-37-31(17-30(22)25-18-35(2,3)21-36(4,5)19-25)29-12-8-11-27-28-16-15-24-14-13-23-9-6-7-10-26(23)32(24)34(28)38-33(27)29;1-17(2)23-13-24(18(3)4)28(25(14-23)19(5)6)26-15-27(29-16-21(26)8)22-11-9-20(7)10-12-22;/h6-11,13-17,20,25H,18-19,21H2,1-5H3;9-11,13-19H,1-8H3;/q2*-1;/i1D3,25D;7D3,8D3;. The van der Waals surface area contributed by atoms with Crippen molar-refractivity contribution < 1.29 is 38.2 Å². The number of furan rings is 1. The van der Waals surface area contributed by atoms with Crippen LogP contribution in [0.4, 0.5) is 0 Å². The average Bonchev–Trinajstić information content (AvgIpc) is 3.80. The van der Waals surface area contributed by atoms with E-state index in [9.17, 15) is 1.37 Å². The van der Waals surface area contributed by atoms with Crippen LogP contribution in [0, 0.1) is 43.5 Å². The molecule has 3 nitrogen and oxygen atoms in total. The largest absolute Gasteiger partial charge is 0.500 e. The summed E-state index contributed by atoms with van der Waals surface area (Å²) in [5.41, 5.74) is 9.86. The summed E-state index contributed by atoms with van der Waals surface area (Å²) in [6.45, 7) is 14.7. The van der Waals surface area contributed by atoms with Crippen LogP contribution in [0.5, 0.6) is 0 Å². The van der Waals surface area contributed by atoms with Gasteiger partial charge in [-0.05, 0) is 139 Å². The number of pyridine rings is 2. The molecule has 0 atom stereocenters. The van der Waals surface area contributed by atoms with Crippen LogP contribution in [-0.4, -0.2) is 9.97 Å². The molecule has 9 aromatic rings. The van der Waals surface area contributed by atoms with Crippen molar-refractivity contribution in [2.75, 3.05) is 0 Å². The van der Waals surface area contributed by atoms with Gasteiger partial charge < -0.3 is 14.4 Å². The molecule has 351 valence electrons. The number of fused-ring (bicyclic) bond motifs is 7. The van der Waals surface area contributed by atoms with E-state index in [1.807, 2.05) is 36.4 Å². The maximum atomic E-state index is 9.76. The zero-order chi connectivity index (χ0) is 55.9. The second-order valence-corrected chi connectivity index (χ2v) is 21.2. The SMILES string of the molecule is [2H]C([2H])([2H])c1c[c-]c(-c2cc(-c3c(C(C)C)cc(C(C)C)cc3C(C)C)c(C([2H])([2H])[2H])cn2)cc1.[2H]C([2H])([2H])c1cnc(-c2[c-]ccc3c2oc2c3ccc3ccc4ccccc4c32)cc1C1([2H])CC(C)(C)CC(C)(C)C1.[Ir]. The first-order valence-corrected chi connectivity index (χ1v) is 23.8. The molecule has 0 bridgehead atoms. The molecular formula is C64H68IrN2O-2. The third-order valence-electron chi connectivity index (χ3n) is 13.6. The summed E-state index contributed by atoms with van der Waals surface area (Å²) in [5, 5.41) is 6.41. The monoisotopic (exact) mass is 1080 g/mol. The molecule has 0 amide bonds. The van der Waals surface area contributed by atoms with Crippen LogP contribution >= 0.6 is 0 Å². The fourth-order valence-electron chi connectivity index (χ4n) is 10.9. The molecule has 1 aliphatic carbocycles. The molecule has 6 aromatic carbocycles. The summed E-state index contributed by atoms with van der Waals surface area (Å²) in [7, 11) is 0. The van der Waals surface area contributed by atoms with E-state index in [1.165, 1.54) is 24.0 Å². The van der Waals surface area contributed by atoms with E-state index in [-0.39, 0.29) is 59.5 Å². The molecule has 10 rings (SSSR count). The summed E-state index contributed by atoms with van der Waals surface area (Å²) in [6.07, 6.45) is 5.03. The zero-order valence-corrected chi connectivity index (χ0v) is 43.4. The Morgan fingerprint density at radius 3 is 1.99 bits per heavy atom. The third-order valence-corrected chi connectivity index (χ3v) is 13.6. The maximum Gasteiger partial charge on any atom is 0.129 e.